The second-order valence-electron chi connectivity index (χ2n) is 6.97. The quantitative estimate of drug-likeness (QED) is 0.673. The number of nitrogens with zero attached hydrogens (tertiary/aromatic N) is 2. The Morgan fingerprint density at radius 1 is 1.04 bits per heavy atom. The summed E-state index contributed by atoms with van der Waals surface area (Å²) in [6.45, 7) is 5.89. The van der Waals surface area contributed by atoms with E-state index in [9.17, 15) is 4.79 Å². The third kappa shape index (κ3) is 4.83. The van der Waals surface area contributed by atoms with Gasteiger partial charge in [0.15, 0.2) is 6.54 Å². The van der Waals surface area contributed by atoms with Crippen LogP contribution in [0.3, 0.4) is 0 Å². The van der Waals surface area contributed by atoms with Crippen molar-refractivity contribution >= 4 is 5.91 Å². The van der Waals surface area contributed by atoms with Crippen LogP contribution < -0.4 is 10.2 Å². The molecule has 3 rings (SSSR count). The minimum Gasteiger partial charge on any atom is -0.347 e. The van der Waals surface area contributed by atoms with Crippen LogP contribution in [0.25, 0.3) is 5.69 Å². The van der Waals surface area contributed by atoms with Crippen molar-refractivity contribution in [3.63, 3.8) is 0 Å². The number of nitrogens with one attached hydrogen (secondary N) is 2. The van der Waals surface area contributed by atoms with E-state index in [4.69, 9.17) is 5.10 Å². The van der Waals surface area contributed by atoms with Gasteiger partial charge < -0.3 is 10.2 Å². The third-order valence-corrected chi connectivity index (χ3v) is 4.72. The molecule has 1 aromatic heterocycles. The minimum atomic E-state index is 0.0575. The molecule has 0 saturated carbocycles. The van der Waals surface area contributed by atoms with Gasteiger partial charge in [-0.2, -0.15) is 5.10 Å². The molecule has 0 saturated heterocycles. The average Bonchev–Trinajstić information content (AvgIpc) is 2.96. The number of quaternary nitrogens is 1. The van der Waals surface area contributed by atoms with Crippen molar-refractivity contribution in [3.05, 3.63) is 83.2 Å². The molecule has 27 heavy (non-hydrogen) atoms. The lowest BCUT2D eigenvalue weighted by molar-refractivity contribution is -0.885. The molecule has 0 spiro atoms. The Bertz CT molecular complexity index is 887. The van der Waals surface area contributed by atoms with Gasteiger partial charge in [0.25, 0.3) is 5.91 Å². The van der Waals surface area contributed by atoms with E-state index in [2.05, 4.69) is 24.4 Å². The number of amides is 1. The highest BCUT2D eigenvalue weighted by molar-refractivity contribution is 5.76. The molecule has 0 aliphatic heterocycles. The van der Waals surface area contributed by atoms with E-state index in [-0.39, 0.29) is 5.91 Å². The highest BCUT2D eigenvalue weighted by Crippen LogP contribution is 2.16. The van der Waals surface area contributed by atoms with Crippen molar-refractivity contribution in [2.24, 2.45) is 0 Å². The summed E-state index contributed by atoms with van der Waals surface area (Å²) in [5, 5.41) is 7.69. The molecule has 1 amide bonds. The Hall–Kier alpha value is -2.92. The lowest BCUT2D eigenvalue weighted by atomic mass is 10.2. The first-order valence-corrected chi connectivity index (χ1v) is 9.27. The van der Waals surface area contributed by atoms with Gasteiger partial charge in [0.05, 0.1) is 29.7 Å². The monoisotopic (exact) mass is 363 g/mol. The zero-order valence-electron chi connectivity index (χ0n) is 16.2. The molecule has 140 valence electrons. The highest BCUT2D eigenvalue weighted by Gasteiger charge is 2.18. The van der Waals surface area contributed by atoms with E-state index in [1.165, 1.54) is 5.56 Å². The van der Waals surface area contributed by atoms with Gasteiger partial charge in [-0.15, -0.1) is 0 Å². The molecule has 1 unspecified atom stereocenters. The fourth-order valence-corrected chi connectivity index (χ4v) is 3.25. The van der Waals surface area contributed by atoms with Crippen LogP contribution in [-0.2, 0) is 17.9 Å². The predicted octanol–water partition coefficient (Wildman–Crippen LogP) is 1.82. The zero-order chi connectivity index (χ0) is 19.2. The molecule has 2 N–H and O–H groups in total. The van der Waals surface area contributed by atoms with Crippen molar-refractivity contribution in [3.8, 4) is 5.69 Å². The summed E-state index contributed by atoms with van der Waals surface area (Å²) < 4.78 is 1.98. The van der Waals surface area contributed by atoms with Crippen molar-refractivity contribution in [1.29, 1.82) is 0 Å². The van der Waals surface area contributed by atoms with E-state index in [0.717, 1.165) is 34.1 Å². The molecular weight excluding hydrogens is 336 g/mol. The number of aryl methyl sites for hydroxylation is 1. The van der Waals surface area contributed by atoms with Crippen molar-refractivity contribution in [2.45, 2.75) is 26.9 Å². The van der Waals surface area contributed by atoms with Crippen molar-refractivity contribution in [2.75, 3.05) is 13.6 Å². The fraction of sp³-hybridized carbons (Fsp3) is 0.273. The number of likely N-dealkylation sites (N-methyl/N-ethyl adjacent to an activating group) is 1. The van der Waals surface area contributed by atoms with Gasteiger partial charge in [-0.3, -0.25) is 4.79 Å². The molecule has 2 aromatic carbocycles. The first-order chi connectivity index (χ1) is 13.0. The number of hydrogen-bond donors (Lipinski definition) is 2. The summed E-state index contributed by atoms with van der Waals surface area (Å²) in [6.07, 6.45) is 0. The van der Waals surface area contributed by atoms with E-state index in [1.54, 1.807) is 0 Å². The predicted molar refractivity (Wildman–Crippen MR) is 107 cm³/mol. The van der Waals surface area contributed by atoms with Gasteiger partial charge in [-0.05, 0) is 31.5 Å². The van der Waals surface area contributed by atoms with Crippen LogP contribution in [0.4, 0.5) is 0 Å². The average molecular weight is 363 g/mol. The van der Waals surface area contributed by atoms with E-state index < -0.39 is 0 Å². The SMILES string of the molecule is Cc1nn(-c2ccccc2)c(C)c1C[NH+](C)CC(=O)NCc1ccccc1. The van der Waals surface area contributed by atoms with Crippen LogP contribution in [0.1, 0.15) is 22.5 Å². The van der Waals surface area contributed by atoms with Crippen LogP contribution in [0.15, 0.2) is 60.7 Å². The smallest absolute Gasteiger partial charge is 0.275 e. The lowest BCUT2D eigenvalue weighted by Gasteiger charge is -2.14. The largest absolute Gasteiger partial charge is 0.347 e. The van der Waals surface area contributed by atoms with E-state index >= 15 is 0 Å². The molecule has 0 aliphatic rings. The van der Waals surface area contributed by atoms with Crippen LogP contribution in [0, 0.1) is 13.8 Å². The molecule has 5 heteroatoms. The number of carbonyl (C=O) groups is 1. The lowest BCUT2D eigenvalue weighted by Crippen LogP contribution is -3.09. The molecular formula is C22H27N4O+. The number of hydrogen-bond acceptors (Lipinski definition) is 2. The number of para-hydroxylation sites is 1. The summed E-state index contributed by atoms with van der Waals surface area (Å²) in [4.78, 5) is 13.4. The zero-order valence-corrected chi connectivity index (χ0v) is 16.2. The van der Waals surface area contributed by atoms with Gasteiger partial charge in [0, 0.05) is 6.54 Å². The van der Waals surface area contributed by atoms with Crippen molar-refractivity contribution < 1.29 is 9.69 Å². The van der Waals surface area contributed by atoms with E-state index in [0.29, 0.717) is 13.1 Å². The fourth-order valence-electron chi connectivity index (χ4n) is 3.25. The van der Waals surface area contributed by atoms with Gasteiger partial charge in [0.2, 0.25) is 0 Å². The second kappa shape index (κ2) is 8.64. The first-order valence-electron chi connectivity index (χ1n) is 9.27. The van der Waals surface area contributed by atoms with Gasteiger partial charge in [-0.25, -0.2) is 4.68 Å². The molecule has 5 nitrogen and oxygen atoms in total. The summed E-state index contributed by atoms with van der Waals surface area (Å²) in [5.74, 6) is 0.0575. The summed E-state index contributed by atoms with van der Waals surface area (Å²) in [6, 6.07) is 20.1. The van der Waals surface area contributed by atoms with Gasteiger partial charge in [0.1, 0.15) is 6.54 Å². The number of rotatable bonds is 7. The third-order valence-electron chi connectivity index (χ3n) is 4.72. The second-order valence-corrected chi connectivity index (χ2v) is 6.97. The molecule has 1 heterocycles. The number of aromatic nitrogens is 2. The minimum absolute atomic E-state index is 0.0575. The molecule has 3 aromatic rings. The summed E-state index contributed by atoms with van der Waals surface area (Å²) in [5.41, 5.74) is 5.51. The number of carbonyl (C=O) groups excluding carboxylic acids is 1. The van der Waals surface area contributed by atoms with Crippen LogP contribution in [0.5, 0.6) is 0 Å². The summed E-state index contributed by atoms with van der Waals surface area (Å²) >= 11 is 0. The van der Waals surface area contributed by atoms with E-state index in [1.807, 2.05) is 67.2 Å². The Morgan fingerprint density at radius 2 is 1.67 bits per heavy atom. The maximum atomic E-state index is 12.3. The molecule has 0 fully saturated rings. The number of benzene rings is 2. The maximum Gasteiger partial charge on any atom is 0.275 e. The molecule has 1 atom stereocenters. The highest BCUT2D eigenvalue weighted by atomic mass is 16.2. The Balaban J connectivity index is 1.60. The molecule has 0 aliphatic carbocycles. The van der Waals surface area contributed by atoms with Gasteiger partial charge >= 0.3 is 0 Å². The maximum absolute atomic E-state index is 12.3. The topological polar surface area (TPSA) is 51.4 Å². The Morgan fingerprint density at radius 3 is 2.33 bits per heavy atom. The van der Waals surface area contributed by atoms with Crippen molar-refractivity contribution in [1.82, 2.24) is 15.1 Å². The first kappa shape index (κ1) is 18.9. The standard InChI is InChI=1S/C22H26N4O/c1-17-21(18(2)26(24-17)20-12-8-5-9-13-20)15-25(3)16-22(27)23-14-19-10-6-4-7-11-19/h4-13H,14-16H2,1-3H3,(H,23,27)/p+1. The van der Waals surface area contributed by atoms with Crippen LogP contribution in [0.2, 0.25) is 0 Å². The van der Waals surface area contributed by atoms with Crippen LogP contribution >= 0.6 is 0 Å². The normalized spacial score (nSPS) is 12.0. The Labute approximate surface area is 160 Å². The summed E-state index contributed by atoms with van der Waals surface area (Å²) in [7, 11) is 2.04. The molecule has 0 radical (unpaired) electrons. The molecule has 0 bridgehead atoms. The Kier molecular flexibility index (Phi) is 6.04. The van der Waals surface area contributed by atoms with Crippen LogP contribution in [-0.4, -0.2) is 29.3 Å². The van der Waals surface area contributed by atoms with Gasteiger partial charge in [-0.1, -0.05) is 48.5 Å².